The first kappa shape index (κ1) is 14.4. The fraction of sp³-hybridized carbons (Fsp3) is 0.600. The second-order valence-electron chi connectivity index (χ2n) is 5.59. The number of benzene rings is 1. The number of hydrogen-bond donors (Lipinski definition) is 2. The number of rotatable bonds is 4. The summed E-state index contributed by atoms with van der Waals surface area (Å²) in [7, 11) is 0. The molecule has 1 aromatic carbocycles. The maximum absolute atomic E-state index is 14.1. The molecule has 1 fully saturated rings. The molecule has 4 heteroatoms. The van der Waals surface area contributed by atoms with Crippen molar-refractivity contribution < 1.29 is 8.78 Å². The van der Waals surface area contributed by atoms with Gasteiger partial charge >= 0.3 is 0 Å². The summed E-state index contributed by atoms with van der Waals surface area (Å²) in [5.41, 5.74) is 3.37. The van der Waals surface area contributed by atoms with Gasteiger partial charge in [0.25, 0.3) is 0 Å². The quantitative estimate of drug-likeness (QED) is 0.646. The molecule has 3 N–H and O–H groups in total. The van der Waals surface area contributed by atoms with E-state index < -0.39 is 11.6 Å². The van der Waals surface area contributed by atoms with Gasteiger partial charge in [-0.1, -0.05) is 31.9 Å². The smallest absolute Gasteiger partial charge is 0.163 e. The highest BCUT2D eigenvalue weighted by Gasteiger charge is 2.32. The summed E-state index contributed by atoms with van der Waals surface area (Å²) in [5, 5.41) is 0. The molecule has 106 valence electrons. The SMILES string of the molecule is CCC1CCC(C(NN)c2ccc(C)c(F)c2F)C1. The lowest BCUT2D eigenvalue weighted by Crippen LogP contribution is -2.33. The molecular weight excluding hydrogens is 246 g/mol. The highest BCUT2D eigenvalue weighted by Crippen LogP contribution is 2.40. The molecule has 1 aliphatic rings. The molecule has 1 aliphatic carbocycles. The van der Waals surface area contributed by atoms with E-state index in [4.69, 9.17) is 5.84 Å². The lowest BCUT2D eigenvalue weighted by molar-refractivity contribution is 0.343. The van der Waals surface area contributed by atoms with Gasteiger partial charge in [0, 0.05) is 5.56 Å². The minimum atomic E-state index is -0.761. The number of hydrazine groups is 1. The number of nitrogens with one attached hydrogen (secondary N) is 1. The van der Waals surface area contributed by atoms with Gasteiger partial charge in [0.2, 0.25) is 0 Å². The van der Waals surface area contributed by atoms with Crippen molar-refractivity contribution in [1.29, 1.82) is 0 Å². The molecule has 2 nitrogen and oxygen atoms in total. The molecule has 0 bridgehead atoms. The van der Waals surface area contributed by atoms with E-state index in [0.29, 0.717) is 17.0 Å². The van der Waals surface area contributed by atoms with Crippen LogP contribution in [0.2, 0.25) is 0 Å². The third-order valence-corrected chi connectivity index (χ3v) is 4.45. The summed E-state index contributed by atoms with van der Waals surface area (Å²) in [6.07, 6.45) is 4.33. The van der Waals surface area contributed by atoms with E-state index in [1.54, 1.807) is 19.1 Å². The highest BCUT2D eigenvalue weighted by molar-refractivity contribution is 5.28. The molecule has 0 radical (unpaired) electrons. The fourth-order valence-corrected chi connectivity index (χ4v) is 3.17. The van der Waals surface area contributed by atoms with Crippen LogP contribution in [0.25, 0.3) is 0 Å². The van der Waals surface area contributed by atoms with Crippen molar-refractivity contribution in [2.24, 2.45) is 17.7 Å². The fourth-order valence-electron chi connectivity index (χ4n) is 3.17. The zero-order valence-electron chi connectivity index (χ0n) is 11.5. The van der Waals surface area contributed by atoms with Gasteiger partial charge < -0.3 is 0 Å². The zero-order valence-corrected chi connectivity index (χ0v) is 11.5. The van der Waals surface area contributed by atoms with E-state index in [9.17, 15) is 8.78 Å². The summed E-state index contributed by atoms with van der Waals surface area (Å²) in [5.74, 6) is 5.03. The first-order chi connectivity index (χ1) is 9.08. The van der Waals surface area contributed by atoms with Gasteiger partial charge in [-0.25, -0.2) is 8.78 Å². The van der Waals surface area contributed by atoms with E-state index in [-0.39, 0.29) is 12.0 Å². The van der Waals surface area contributed by atoms with E-state index in [1.165, 1.54) is 0 Å². The van der Waals surface area contributed by atoms with Crippen molar-refractivity contribution in [3.8, 4) is 0 Å². The summed E-state index contributed by atoms with van der Waals surface area (Å²) in [6, 6.07) is 2.97. The van der Waals surface area contributed by atoms with Gasteiger partial charge in [-0.15, -0.1) is 0 Å². The zero-order chi connectivity index (χ0) is 14.0. The Morgan fingerprint density at radius 3 is 2.63 bits per heavy atom. The number of aryl methyl sites for hydroxylation is 1. The van der Waals surface area contributed by atoms with E-state index in [0.717, 1.165) is 25.7 Å². The average Bonchev–Trinajstić information content (AvgIpc) is 2.88. The second-order valence-corrected chi connectivity index (χ2v) is 5.59. The predicted octanol–water partition coefficient (Wildman–Crippen LogP) is 3.60. The maximum atomic E-state index is 14.1. The van der Waals surface area contributed by atoms with Gasteiger partial charge in [-0.3, -0.25) is 11.3 Å². The Hall–Kier alpha value is -1.00. The van der Waals surface area contributed by atoms with Crippen molar-refractivity contribution in [2.45, 2.75) is 45.6 Å². The third kappa shape index (κ3) is 2.79. The van der Waals surface area contributed by atoms with E-state index in [2.05, 4.69) is 12.3 Å². The van der Waals surface area contributed by atoms with Crippen LogP contribution in [0.3, 0.4) is 0 Å². The van der Waals surface area contributed by atoms with E-state index in [1.807, 2.05) is 0 Å². The number of hydrogen-bond acceptors (Lipinski definition) is 2. The van der Waals surface area contributed by atoms with Gasteiger partial charge in [-0.2, -0.15) is 0 Å². The Morgan fingerprint density at radius 2 is 2.05 bits per heavy atom. The number of nitrogens with two attached hydrogens (primary N) is 1. The molecule has 3 unspecified atom stereocenters. The topological polar surface area (TPSA) is 38.0 Å². The minimum absolute atomic E-state index is 0.284. The van der Waals surface area contributed by atoms with Crippen molar-refractivity contribution >= 4 is 0 Å². The standard InChI is InChI=1S/C15H22F2N2/c1-3-10-5-6-11(8-10)15(19-18)12-7-4-9(2)13(16)14(12)17/h4,7,10-11,15,19H,3,5-6,8,18H2,1-2H3. The molecule has 2 rings (SSSR count). The highest BCUT2D eigenvalue weighted by atomic mass is 19.2. The summed E-state index contributed by atoms with van der Waals surface area (Å²) < 4.78 is 27.7. The predicted molar refractivity (Wildman–Crippen MR) is 72.3 cm³/mol. The molecule has 3 atom stereocenters. The lowest BCUT2D eigenvalue weighted by atomic mass is 9.90. The maximum Gasteiger partial charge on any atom is 0.163 e. The first-order valence-electron chi connectivity index (χ1n) is 6.99. The summed E-state index contributed by atoms with van der Waals surface area (Å²) >= 11 is 0. The molecule has 0 amide bonds. The van der Waals surface area contributed by atoms with Crippen molar-refractivity contribution in [3.63, 3.8) is 0 Å². The van der Waals surface area contributed by atoms with Crippen LogP contribution in [-0.4, -0.2) is 0 Å². The monoisotopic (exact) mass is 268 g/mol. The van der Waals surface area contributed by atoms with Gasteiger partial charge in [0.15, 0.2) is 11.6 Å². The molecule has 0 saturated heterocycles. The van der Waals surface area contributed by atoms with Crippen molar-refractivity contribution in [1.82, 2.24) is 5.43 Å². The Balaban J connectivity index is 2.25. The van der Waals surface area contributed by atoms with Crippen LogP contribution in [-0.2, 0) is 0 Å². The van der Waals surface area contributed by atoms with Gasteiger partial charge in [-0.05, 0) is 37.2 Å². The van der Waals surface area contributed by atoms with Crippen LogP contribution in [0.4, 0.5) is 8.78 Å². The molecule has 19 heavy (non-hydrogen) atoms. The van der Waals surface area contributed by atoms with Gasteiger partial charge in [0.1, 0.15) is 0 Å². The van der Waals surface area contributed by atoms with Crippen LogP contribution in [0.15, 0.2) is 12.1 Å². The lowest BCUT2D eigenvalue weighted by Gasteiger charge is -2.24. The van der Waals surface area contributed by atoms with Crippen LogP contribution < -0.4 is 11.3 Å². The Labute approximate surface area is 113 Å². The number of halogens is 2. The third-order valence-electron chi connectivity index (χ3n) is 4.45. The normalized spacial score (nSPS) is 24.7. The Kier molecular flexibility index (Phi) is 4.53. The van der Waals surface area contributed by atoms with E-state index >= 15 is 0 Å². The molecule has 1 aromatic rings. The molecule has 0 spiro atoms. The van der Waals surface area contributed by atoms with Crippen LogP contribution in [0.1, 0.15) is 49.8 Å². The largest absolute Gasteiger partial charge is 0.271 e. The summed E-state index contributed by atoms with van der Waals surface area (Å²) in [4.78, 5) is 0. The van der Waals surface area contributed by atoms with Crippen molar-refractivity contribution in [3.05, 3.63) is 34.9 Å². The molecular formula is C15H22F2N2. The minimum Gasteiger partial charge on any atom is -0.271 e. The first-order valence-corrected chi connectivity index (χ1v) is 6.99. The van der Waals surface area contributed by atoms with Crippen LogP contribution >= 0.6 is 0 Å². The second kappa shape index (κ2) is 5.97. The molecule has 0 heterocycles. The Morgan fingerprint density at radius 1 is 1.32 bits per heavy atom. The average molecular weight is 268 g/mol. The Bertz CT molecular complexity index is 448. The van der Waals surface area contributed by atoms with Crippen LogP contribution in [0.5, 0.6) is 0 Å². The van der Waals surface area contributed by atoms with Crippen molar-refractivity contribution in [2.75, 3.05) is 0 Å². The van der Waals surface area contributed by atoms with Crippen LogP contribution in [0, 0.1) is 30.4 Å². The molecule has 1 saturated carbocycles. The molecule has 0 aromatic heterocycles. The van der Waals surface area contributed by atoms with Gasteiger partial charge in [0.05, 0.1) is 6.04 Å². The summed E-state index contributed by atoms with van der Waals surface area (Å²) in [6.45, 7) is 3.74. The molecule has 0 aliphatic heterocycles.